The first kappa shape index (κ1) is 16.2. The van der Waals surface area contributed by atoms with Crippen LogP contribution in [-0.4, -0.2) is 8.42 Å². The van der Waals surface area contributed by atoms with E-state index in [4.69, 9.17) is 5.26 Å². The summed E-state index contributed by atoms with van der Waals surface area (Å²) >= 11 is 0. The molecule has 0 aromatic heterocycles. The van der Waals surface area contributed by atoms with Crippen LogP contribution < -0.4 is 4.72 Å². The average Bonchev–Trinajstić information content (AvgIpc) is 2.55. The summed E-state index contributed by atoms with van der Waals surface area (Å²) in [6.45, 7) is 2.01. The highest BCUT2D eigenvalue weighted by Crippen LogP contribution is 2.22. The van der Waals surface area contributed by atoms with Gasteiger partial charge in [0.1, 0.15) is 6.07 Å². The molecule has 0 saturated heterocycles. The van der Waals surface area contributed by atoms with Crippen molar-refractivity contribution in [3.8, 4) is 6.07 Å². The van der Waals surface area contributed by atoms with Crippen molar-refractivity contribution >= 4 is 10.0 Å². The number of hydrogen-bond donors (Lipinski definition) is 1. The molecule has 0 unspecified atom stereocenters. The van der Waals surface area contributed by atoms with Crippen LogP contribution in [0, 0.1) is 11.3 Å². The summed E-state index contributed by atoms with van der Waals surface area (Å²) in [7, 11) is -3.75. The van der Waals surface area contributed by atoms with Gasteiger partial charge in [0.25, 0.3) is 0 Å². The Bertz CT molecular complexity index is 765. The fourth-order valence-electron chi connectivity index (χ4n) is 2.31. The maximum atomic E-state index is 12.6. The first-order valence-corrected chi connectivity index (χ1v) is 8.63. The van der Waals surface area contributed by atoms with Crippen LogP contribution in [0.2, 0.25) is 0 Å². The molecule has 0 aliphatic heterocycles. The fraction of sp³-hybridized carbons (Fsp3) is 0.235. The van der Waals surface area contributed by atoms with E-state index in [1.165, 1.54) is 12.1 Å². The van der Waals surface area contributed by atoms with E-state index in [0.29, 0.717) is 6.42 Å². The Morgan fingerprint density at radius 2 is 1.73 bits per heavy atom. The summed E-state index contributed by atoms with van der Waals surface area (Å²) in [4.78, 5) is 0.0227. The van der Waals surface area contributed by atoms with E-state index in [2.05, 4.69) is 4.72 Å². The number of benzene rings is 2. The first-order valence-electron chi connectivity index (χ1n) is 7.15. The Morgan fingerprint density at radius 3 is 2.36 bits per heavy atom. The molecule has 0 fully saturated rings. The second kappa shape index (κ2) is 7.21. The summed E-state index contributed by atoms with van der Waals surface area (Å²) < 4.78 is 27.9. The van der Waals surface area contributed by atoms with Crippen LogP contribution in [0.1, 0.15) is 36.9 Å². The van der Waals surface area contributed by atoms with Crippen LogP contribution in [-0.2, 0) is 10.0 Å². The molecule has 4 nitrogen and oxygen atoms in total. The predicted octanol–water partition coefficient (Wildman–Crippen LogP) is 3.38. The van der Waals surface area contributed by atoms with Gasteiger partial charge in [-0.1, -0.05) is 55.8 Å². The summed E-state index contributed by atoms with van der Waals surface area (Å²) in [5.74, 6) is 0. The van der Waals surface area contributed by atoms with Gasteiger partial charge in [-0.05, 0) is 24.1 Å². The van der Waals surface area contributed by atoms with Crippen molar-refractivity contribution in [3.05, 3.63) is 65.7 Å². The van der Waals surface area contributed by atoms with Gasteiger partial charge in [-0.3, -0.25) is 0 Å². The monoisotopic (exact) mass is 314 g/mol. The zero-order valence-electron chi connectivity index (χ0n) is 12.4. The van der Waals surface area contributed by atoms with E-state index in [1.807, 2.05) is 43.3 Å². The Kier molecular flexibility index (Phi) is 5.31. The number of sulfonamides is 1. The quantitative estimate of drug-likeness (QED) is 0.888. The zero-order valence-corrected chi connectivity index (χ0v) is 13.2. The minimum atomic E-state index is -3.75. The highest BCUT2D eigenvalue weighted by atomic mass is 32.2. The standard InChI is InChI=1S/C17H18N2O2S/c1-2-8-16(14-9-4-3-5-10-14)19-22(20,21)17-12-7-6-11-15(17)13-18/h3-7,9-12,16,19H,2,8H2,1H3/t16-/m0/s1. The molecule has 0 spiro atoms. The second-order valence-electron chi connectivity index (χ2n) is 4.98. The highest BCUT2D eigenvalue weighted by molar-refractivity contribution is 7.89. The third-order valence-corrected chi connectivity index (χ3v) is 4.90. The molecule has 0 radical (unpaired) electrons. The molecule has 2 aromatic carbocycles. The van der Waals surface area contributed by atoms with Crippen LogP contribution in [0.4, 0.5) is 0 Å². The van der Waals surface area contributed by atoms with E-state index in [-0.39, 0.29) is 16.5 Å². The molecule has 0 aliphatic rings. The summed E-state index contributed by atoms with van der Waals surface area (Å²) in [5, 5.41) is 9.09. The van der Waals surface area contributed by atoms with Crippen molar-refractivity contribution in [2.75, 3.05) is 0 Å². The molecular weight excluding hydrogens is 296 g/mol. The van der Waals surface area contributed by atoms with Crippen LogP contribution in [0.3, 0.4) is 0 Å². The Morgan fingerprint density at radius 1 is 1.09 bits per heavy atom. The molecule has 2 aromatic rings. The smallest absolute Gasteiger partial charge is 0.207 e. The molecule has 5 heteroatoms. The molecule has 1 atom stereocenters. The Balaban J connectivity index is 2.35. The van der Waals surface area contributed by atoms with Crippen LogP contribution in [0.5, 0.6) is 0 Å². The molecule has 114 valence electrons. The molecule has 22 heavy (non-hydrogen) atoms. The van der Waals surface area contributed by atoms with Crippen molar-refractivity contribution in [2.45, 2.75) is 30.7 Å². The van der Waals surface area contributed by atoms with Gasteiger partial charge in [0.2, 0.25) is 10.0 Å². The fourth-order valence-corrected chi connectivity index (χ4v) is 3.73. The maximum Gasteiger partial charge on any atom is 0.242 e. The number of nitrogens with one attached hydrogen (secondary N) is 1. The number of hydrogen-bond acceptors (Lipinski definition) is 3. The SMILES string of the molecule is CCC[C@H](NS(=O)(=O)c1ccccc1C#N)c1ccccc1. The molecular formula is C17H18N2O2S. The van der Waals surface area contributed by atoms with Gasteiger partial charge in [-0.2, -0.15) is 5.26 Å². The van der Waals surface area contributed by atoms with Gasteiger partial charge in [-0.15, -0.1) is 0 Å². The lowest BCUT2D eigenvalue weighted by Gasteiger charge is -2.19. The highest BCUT2D eigenvalue weighted by Gasteiger charge is 2.23. The van der Waals surface area contributed by atoms with E-state index in [0.717, 1.165) is 12.0 Å². The lowest BCUT2D eigenvalue weighted by molar-refractivity contribution is 0.536. The van der Waals surface area contributed by atoms with E-state index < -0.39 is 10.0 Å². The summed E-state index contributed by atoms with van der Waals surface area (Å²) in [6, 6.07) is 17.3. The molecule has 0 aliphatic carbocycles. The minimum Gasteiger partial charge on any atom is -0.207 e. The largest absolute Gasteiger partial charge is 0.242 e. The minimum absolute atomic E-state index is 0.0227. The van der Waals surface area contributed by atoms with E-state index in [1.54, 1.807) is 12.1 Å². The van der Waals surface area contributed by atoms with Gasteiger partial charge >= 0.3 is 0 Å². The molecule has 2 rings (SSSR count). The number of nitriles is 1. The lowest BCUT2D eigenvalue weighted by atomic mass is 10.0. The summed E-state index contributed by atoms with van der Waals surface area (Å²) in [5.41, 5.74) is 1.07. The van der Waals surface area contributed by atoms with Gasteiger partial charge in [0, 0.05) is 6.04 Å². The molecule has 0 saturated carbocycles. The zero-order chi connectivity index (χ0) is 16.0. The van der Waals surface area contributed by atoms with Crippen LogP contribution in [0.25, 0.3) is 0 Å². The lowest BCUT2D eigenvalue weighted by Crippen LogP contribution is -2.29. The van der Waals surface area contributed by atoms with Crippen LogP contribution in [0.15, 0.2) is 59.5 Å². The molecule has 0 heterocycles. The number of rotatable bonds is 6. The Labute approximate surface area is 131 Å². The third kappa shape index (κ3) is 3.73. The first-order chi connectivity index (χ1) is 10.6. The number of nitrogens with zero attached hydrogens (tertiary/aromatic N) is 1. The van der Waals surface area contributed by atoms with E-state index >= 15 is 0 Å². The third-order valence-electron chi connectivity index (χ3n) is 3.37. The molecule has 0 bridgehead atoms. The summed E-state index contributed by atoms with van der Waals surface area (Å²) in [6.07, 6.45) is 1.54. The Hall–Kier alpha value is -2.16. The average molecular weight is 314 g/mol. The van der Waals surface area contributed by atoms with Gasteiger partial charge in [-0.25, -0.2) is 13.1 Å². The van der Waals surface area contributed by atoms with Gasteiger partial charge < -0.3 is 0 Å². The van der Waals surface area contributed by atoms with Gasteiger partial charge in [0.05, 0.1) is 10.5 Å². The molecule has 1 N–H and O–H groups in total. The van der Waals surface area contributed by atoms with Crippen LogP contribution >= 0.6 is 0 Å². The molecule has 0 amide bonds. The topological polar surface area (TPSA) is 70.0 Å². The van der Waals surface area contributed by atoms with Crippen molar-refractivity contribution in [2.24, 2.45) is 0 Å². The normalized spacial score (nSPS) is 12.5. The maximum absolute atomic E-state index is 12.6. The van der Waals surface area contributed by atoms with Gasteiger partial charge in [0.15, 0.2) is 0 Å². The van der Waals surface area contributed by atoms with Crippen molar-refractivity contribution in [3.63, 3.8) is 0 Å². The second-order valence-corrected chi connectivity index (χ2v) is 6.66. The van der Waals surface area contributed by atoms with Crippen molar-refractivity contribution in [1.82, 2.24) is 4.72 Å². The van der Waals surface area contributed by atoms with Crippen molar-refractivity contribution < 1.29 is 8.42 Å². The predicted molar refractivity (Wildman–Crippen MR) is 85.6 cm³/mol. The van der Waals surface area contributed by atoms with E-state index in [9.17, 15) is 8.42 Å². The van der Waals surface area contributed by atoms with Crippen molar-refractivity contribution in [1.29, 1.82) is 5.26 Å².